The second-order valence-electron chi connectivity index (χ2n) is 7.84. The number of hydrogen-bond acceptors (Lipinski definition) is 8. The maximum atomic E-state index is 14.2. The third-order valence-corrected chi connectivity index (χ3v) is 4.36. The fourth-order valence-corrected chi connectivity index (χ4v) is 2.94. The van der Waals surface area contributed by atoms with E-state index in [9.17, 15) is 19.3 Å². The van der Waals surface area contributed by atoms with E-state index in [1.54, 1.807) is 20.8 Å². The van der Waals surface area contributed by atoms with E-state index in [0.29, 0.717) is 5.52 Å². The zero-order valence-corrected chi connectivity index (χ0v) is 18.8. The zero-order chi connectivity index (χ0) is 24.2. The minimum atomic E-state index is -0.650. The van der Waals surface area contributed by atoms with Crippen LogP contribution in [0.25, 0.3) is 10.9 Å². The van der Waals surface area contributed by atoms with Crippen molar-refractivity contribution in [1.29, 1.82) is 0 Å². The van der Waals surface area contributed by atoms with Gasteiger partial charge in [0.15, 0.2) is 5.75 Å². The molecule has 0 bridgehead atoms. The lowest BCUT2D eigenvalue weighted by molar-refractivity contribution is -0.385. The number of nitro groups is 1. The summed E-state index contributed by atoms with van der Waals surface area (Å²) in [5.74, 6) is -0.482. The number of carbonyl (C=O) groups is 1. The van der Waals surface area contributed by atoms with Gasteiger partial charge < -0.3 is 20.1 Å². The number of alkyl carbamates (subject to hydrolysis) is 1. The molecular formula is C21H21ClFN5O5. The summed E-state index contributed by atoms with van der Waals surface area (Å²) in [6, 6.07) is 6.67. The Morgan fingerprint density at radius 1 is 1.24 bits per heavy atom. The molecule has 174 valence electrons. The number of anilines is 2. The lowest BCUT2D eigenvalue weighted by Gasteiger charge is -2.19. The summed E-state index contributed by atoms with van der Waals surface area (Å²) in [5.41, 5.74) is -0.560. The van der Waals surface area contributed by atoms with Crippen LogP contribution in [0.5, 0.6) is 5.75 Å². The van der Waals surface area contributed by atoms with Crippen molar-refractivity contribution in [2.75, 3.05) is 18.5 Å². The van der Waals surface area contributed by atoms with Crippen molar-refractivity contribution in [3.05, 3.63) is 57.6 Å². The summed E-state index contributed by atoms with van der Waals surface area (Å²) >= 11 is 5.77. The number of hydrogen-bond donors (Lipinski definition) is 2. The monoisotopic (exact) mass is 477 g/mol. The van der Waals surface area contributed by atoms with Gasteiger partial charge in [0.1, 0.15) is 30.2 Å². The molecule has 2 N–H and O–H groups in total. The van der Waals surface area contributed by atoms with Gasteiger partial charge in [-0.3, -0.25) is 10.1 Å². The van der Waals surface area contributed by atoms with Crippen molar-refractivity contribution < 1.29 is 23.6 Å². The van der Waals surface area contributed by atoms with Gasteiger partial charge in [0.05, 0.1) is 28.1 Å². The molecule has 0 atom stereocenters. The molecule has 0 saturated heterocycles. The molecule has 12 heteroatoms. The van der Waals surface area contributed by atoms with Crippen molar-refractivity contribution in [2.24, 2.45) is 0 Å². The molecular weight excluding hydrogens is 457 g/mol. The first-order valence-electron chi connectivity index (χ1n) is 9.78. The Balaban J connectivity index is 1.80. The van der Waals surface area contributed by atoms with Crippen molar-refractivity contribution in [3.8, 4) is 5.75 Å². The van der Waals surface area contributed by atoms with Crippen molar-refractivity contribution >= 4 is 45.8 Å². The highest BCUT2D eigenvalue weighted by molar-refractivity contribution is 6.30. The second kappa shape index (κ2) is 9.82. The molecule has 0 spiro atoms. The molecule has 0 radical (unpaired) electrons. The van der Waals surface area contributed by atoms with E-state index in [0.717, 1.165) is 6.07 Å². The maximum absolute atomic E-state index is 14.2. The van der Waals surface area contributed by atoms with E-state index in [2.05, 4.69) is 20.6 Å². The van der Waals surface area contributed by atoms with Gasteiger partial charge in [-0.1, -0.05) is 11.6 Å². The summed E-state index contributed by atoms with van der Waals surface area (Å²) in [7, 11) is 0. The molecule has 10 nitrogen and oxygen atoms in total. The van der Waals surface area contributed by atoms with Gasteiger partial charge in [-0.2, -0.15) is 0 Å². The molecule has 1 heterocycles. The van der Waals surface area contributed by atoms with Gasteiger partial charge in [-0.05, 0) is 39.0 Å². The van der Waals surface area contributed by atoms with E-state index in [1.807, 2.05) is 0 Å². The average Bonchev–Trinajstić information content (AvgIpc) is 2.71. The van der Waals surface area contributed by atoms with Crippen LogP contribution in [0.2, 0.25) is 5.02 Å². The number of aromatic nitrogens is 2. The molecule has 0 aliphatic heterocycles. The molecule has 2 aromatic carbocycles. The third kappa shape index (κ3) is 6.39. The summed E-state index contributed by atoms with van der Waals surface area (Å²) < 4.78 is 24.8. The van der Waals surface area contributed by atoms with E-state index in [-0.39, 0.29) is 46.5 Å². The fraction of sp³-hybridized carbons (Fsp3) is 0.286. The first kappa shape index (κ1) is 23.9. The fourth-order valence-electron chi connectivity index (χ4n) is 2.78. The van der Waals surface area contributed by atoms with Crippen LogP contribution in [0, 0.1) is 15.9 Å². The van der Waals surface area contributed by atoms with Gasteiger partial charge in [0, 0.05) is 17.2 Å². The first-order valence-corrected chi connectivity index (χ1v) is 10.2. The number of rotatable bonds is 7. The van der Waals surface area contributed by atoms with Crippen LogP contribution in [0.3, 0.4) is 0 Å². The molecule has 0 unspecified atom stereocenters. The highest BCUT2D eigenvalue weighted by Gasteiger charge is 2.20. The maximum Gasteiger partial charge on any atom is 0.407 e. The van der Waals surface area contributed by atoms with Crippen molar-refractivity contribution in [3.63, 3.8) is 0 Å². The smallest absolute Gasteiger partial charge is 0.407 e. The SMILES string of the molecule is CC(C)(C)OC(=O)NCCOc1cc2ncnc(Nc3ccc(Cl)cc3F)c2cc1[N+](=O)[O-]. The predicted octanol–water partition coefficient (Wildman–Crippen LogP) is 4.98. The minimum absolute atomic E-state index is 0.0409. The van der Waals surface area contributed by atoms with Gasteiger partial charge in [0.25, 0.3) is 0 Å². The number of fused-ring (bicyclic) bond motifs is 1. The van der Waals surface area contributed by atoms with E-state index < -0.39 is 22.4 Å². The van der Waals surface area contributed by atoms with Gasteiger partial charge in [0.2, 0.25) is 0 Å². The molecule has 0 saturated carbocycles. The van der Waals surface area contributed by atoms with Gasteiger partial charge in [-0.15, -0.1) is 0 Å². The summed E-state index contributed by atoms with van der Waals surface area (Å²) in [4.78, 5) is 30.9. The van der Waals surface area contributed by atoms with E-state index in [4.69, 9.17) is 21.1 Å². The Kier molecular flexibility index (Phi) is 7.12. The van der Waals surface area contributed by atoms with Gasteiger partial charge in [-0.25, -0.2) is 19.2 Å². The number of halogens is 2. The summed E-state index contributed by atoms with van der Waals surface area (Å²) in [6.45, 7) is 5.21. The van der Waals surface area contributed by atoms with Crippen molar-refractivity contribution in [2.45, 2.75) is 26.4 Å². The molecule has 0 aliphatic rings. The first-order chi connectivity index (χ1) is 15.5. The van der Waals surface area contributed by atoms with Crippen LogP contribution < -0.4 is 15.4 Å². The van der Waals surface area contributed by atoms with Crippen LogP contribution in [-0.2, 0) is 4.74 Å². The van der Waals surface area contributed by atoms with Crippen LogP contribution >= 0.6 is 11.6 Å². The number of ether oxygens (including phenoxy) is 2. The average molecular weight is 478 g/mol. The standard InChI is InChI=1S/C21H21ClFN5O5/c1-21(2,3)33-20(29)24-6-7-32-18-10-16-13(9-17(18)28(30)31)19(26-11-25-16)27-15-5-4-12(22)8-14(15)23/h4-5,8-11H,6-7H2,1-3H3,(H,24,29)(H,25,26,27). The predicted molar refractivity (Wildman–Crippen MR) is 121 cm³/mol. The second-order valence-corrected chi connectivity index (χ2v) is 8.28. The van der Waals surface area contributed by atoms with E-state index >= 15 is 0 Å². The molecule has 3 aromatic rings. The van der Waals surface area contributed by atoms with Gasteiger partial charge >= 0.3 is 11.8 Å². The topological polar surface area (TPSA) is 129 Å². The van der Waals surface area contributed by atoms with Crippen LogP contribution in [0.15, 0.2) is 36.7 Å². The molecule has 1 aromatic heterocycles. The molecule has 1 amide bonds. The molecule has 0 fully saturated rings. The highest BCUT2D eigenvalue weighted by atomic mass is 35.5. The Morgan fingerprint density at radius 2 is 2.00 bits per heavy atom. The highest BCUT2D eigenvalue weighted by Crippen LogP contribution is 2.35. The number of nitrogens with zero attached hydrogens (tertiary/aromatic N) is 3. The molecule has 33 heavy (non-hydrogen) atoms. The lowest BCUT2D eigenvalue weighted by atomic mass is 10.2. The largest absolute Gasteiger partial charge is 0.485 e. The third-order valence-electron chi connectivity index (χ3n) is 4.12. The van der Waals surface area contributed by atoms with E-state index in [1.165, 1.54) is 30.6 Å². The summed E-state index contributed by atoms with van der Waals surface area (Å²) in [5, 5.41) is 17.4. The number of amides is 1. The Hall–Kier alpha value is -3.73. The van der Waals surface area contributed by atoms with Crippen LogP contribution in [-0.4, -0.2) is 39.7 Å². The quantitative estimate of drug-likeness (QED) is 0.277. The van der Waals surface area contributed by atoms with Crippen LogP contribution in [0.4, 0.5) is 26.4 Å². The number of nitro benzene ring substituents is 1. The molecule has 0 aliphatic carbocycles. The Bertz CT molecular complexity index is 1200. The normalized spacial score (nSPS) is 11.2. The van der Waals surface area contributed by atoms with Crippen LogP contribution in [0.1, 0.15) is 20.8 Å². The number of benzene rings is 2. The van der Waals surface area contributed by atoms with Crippen molar-refractivity contribution in [1.82, 2.24) is 15.3 Å². The Labute approximate surface area is 193 Å². The molecule has 3 rings (SSSR count). The Morgan fingerprint density at radius 3 is 2.67 bits per heavy atom. The minimum Gasteiger partial charge on any atom is -0.485 e. The number of nitrogens with one attached hydrogen (secondary N) is 2. The summed E-state index contributed by atoms with van der Waals surface area (Å²) in [6.07, 6.45) is 0.607. The number of carbonyl (C=O) groups excluding carboxylic acids is 1. The lowest BCUT2D eigenvalue weighted by Crippen LogP contribution is -2.34. The zero-order valence-electron chi connectivity index (χ0n) is 18.0.